The van der Waals surface area contributed by atoms with E-state index in [2.05, 4.69) is 15.3 Å². The lowest BCUT2D eigenvalue weighted by Gasteiger charge is -2.33. The van der Waals surface area contributed by atoms with Crippen LogP contribution < -0.4 is 5.32 Å². The van der Waals surface area contributed by atoms with Crippen LogP contribution in [0.2, 0.25) is 0 Å². The molecule has 5 heteroatoms. The summed E-state index contributed by atoms with van der Waals surface area (Å²) in [4.78, 5) is 9.12. The van der Waals surface area contributed by atoms with Gasteiger partial charge in [0.1, 0.15) is 11.4 Å². The molecular weight excluding hydrogens is 353 g/mol. The zero-order chi connectivity index (χ0) is 19.7. The Labute approximate surface area is 163 Å². The van der Waals surface area contributed by atoms with Gasteiger partial charge in [0.25, 0.3) is 0 Å². The normalized spacial score (nSPS) is 21.2. The molecule has 1 aliphatic rings. The van der Waals surface area contributed by atoms with Crippen LogP contribution in [0.3, 0.4) is 0 Å². The molecule has 0 fully saturated rings. The maximum Gasteiger partial charge on any atom is 0.223 e. The van der Waals surface area contributed by atoms with E-state index in [1.54, 1.807) is 31.3 Å². The summed E-state index contributed by atoms with van der Waals surface area (Å²) >= 11 is 0. The van der Waals surface area contributed by atoms with Crippen molar-refractivity contribution >= 4 is 16.7 Å². The Kier molecular flexibility index (Phi) is 4.69. The van der Waals surface area contributed by atoms with Crippen molar-refractivity contribution in [3.8, 4) is 11.3 Å². The number of fused-ring (bicyclic) bond motifs is 1. The third-order valence-corrected chi connectivity index (χ3v) is 5.32. The lowest BCUT2D eigenvalue weighted by molar-refractivity contribution is 0.0372. The Balaban J connectivity index is 1.93. The molecular formula is C23H22FN3O. The number of rotatable bonds is 4. The van der Waals surface area contributed by atoms with Gasteiger partial charge in [0.2, 0.25) is 5.95 Å². The highest BCUT2D eigenvalue weighted by Crippen LogP contribution is 2.38. The van der Waals surface area contributed by atoms with E-state index >= 15 is 0 Å². The minimum atomic E-state index is -1.22. The molecule has 4 nitrogen and oxygen atoms in total. The van der Waals surface area contributed by atoms with Gasteiger partial charge in [-0.3, -0.25) is 0 Å². The van der Waals surface area contributed by atoms with Crippen LogP contribution in [0.15, 0.2) is 66.8 Å². The van der Waals surface area contributed by atoms with Gasteiger partial charge in [-0.25, -0.2) is 14.4 Å². The maximum absolute atomic E-state index is 14.3. The molecule has 1 aliphatic carbocycles. The number of benzene rings is 2. The molecule has 0 bridgehead atoms. The van der Waals surface area contributed by atoms with E-state index in [4.69, 9.17) is 0 Å². The molecule has 0 saturated carbocycles. The van der Waals surface area contributed by atoms with Gasteiger partial charge in [-0.05, 0) is 36.1 Å². The van der Waals surface area contributed by atoms with Crippen LogP contribution in [-0.4, -0.2) is 22.1 Å². The molecule has 3 aromatic rings. The highest BCUT2D eigenvalue weighted by atomic mass is 19.1. The van der Waals surface area contributed by atoms with Gasteiger partial charge in [-0.1, -0.05) is 49.4 Å². The van der Waals surface area contributed by atoms with Crippen LogP contribution in [-0.2, 0) is 5.60 Å². The molecule has 2 unspecified atom stereocenters. The SMILES string of the molecule is CCC1C=CC=CC1(O)c1cc(-c2ccc(F)c3ccccc23)nc(NC)n1. The number of hydrogen-bond donors (Lipinski definition) is 2. The fraction of sp³-hybridized carbons (Fsp3) is 0.217. The van der Waals surface area contributed by atoms with E-state index < -0.39 is 5.60 Å². The van der Waals surface area contributed by atoms with Crippen molar-refractivity contribution in [1.82, 2.24) is 9.97 Å². The first kappa shape index (κ1) is 18.3. The van der Waals surface area contributed by atoms with E-state index in [0.717, 1.165) is 17.4 Å². The quantitative estimate of drug-likeness (QED) is 0.687. The minimum absolute atomic E-state index is 0.0880. The fourth-order valence-corrected chi connectivity index (χ4v) is 3.78. The second-order valence-corrected chi connectivity index (χ2v) is 6.94. The Morgan fingerprint density at radius 2 is 1.89 bits per heavy atom. The average Bonchev–Trinajstić information content (AvgIpc) is 2.74. The zero-order valence-electron chi connectivity index (χ0n) is 15.9. The molecule has 0 spiro atoms. The van der Waals surface area contributed by atoms with Gasteiger partial charge in [0, 0.05) is 23.9 Å². The number of aromatic nitrogens is 2. The van der Waals surface area contributed by atoms with Gasteiger partial charge in [-0.2, -0.15) is 0 Å². The summed E-state index contributed by atoms with van der Waals surface area (Å²) in [5, 5.41) is 15.7. The first-order valence-electron chi connectivity index (χ1n) is 9.40. The van der Waals surface area contributed by atoms with E-state index in [1.165, 1.54) is 6.07 Å². The topological polar surface area (TPSA) is 58.0 Å². The predicted molar refractivity (Wildman–Crippen MR) is 110 cm³/mol. The third kappa shape index (κ3) is 2.98. The standard InChI is InChI=1S/C23H22FN3O/c1-3-15-8-6-7-13-23(15,28)21-14-20(26-22(25-2)27-21)18-11-12-19(24)17-10-5-4-9-16(17)18/h4-15,28H,3H2,1-2H3,(H,25,26,27). The number of allylic oxidation sites excluding steroid dienone is 2. The molecule has 0 aliphatic heterocycles. The summed E-state index contributed by atoms with van der Waals surface area (Å²) in [5.41, 5.74) is 0.728. The monoisotopic (exact) mass is 375 g/mol. The summed E-state index contributed by atoms with van der Waals surface area (Å²) in [6.45, 7) is 2.04. The largest absolute Gasteiger partial charge is 0.379 e. The number of anilines is 1. The number of nitrogens with one attached hydrogen (secondary N) is 1. The van der Waals surface area contributed by atoms with Crippen LogP contribution >= 0.6 is 0 Å². The van der Waals surface area contributed by atoms with Crippen molar-refractivity contribution in [1.29, 1.82) is 0 Å². The Hall–Kier alpha value is -3.05. The highest BCUT2D eigenvalue weighted by Gasteiger charge is 2.37. The lowest BCUT2D eigenvalue weighted by Crippen LogP contribution is -2.34. The molecule has 4 rings (SSSR count). The van der Waals surface area contributed by atoms with Crippen LogP contribution in [0, 0.1) is 11.7 Å². The molecule has 28 heavy (non-hydrogen) atoms. The number of aliphatic hydroxyl groups is 1. The molecule has 2 atom stereocenters. The molecule has 1 heterocycles. The predicted octanol–water partition coefficient (Wildman–Crippen LogP) is 4.82. The summed E-state index contributed by atoms with van der Waals surface area (Å²) < 4.78 is 14.3. The molecule has 2 N–H and O–H groups in total. The van der Waals surface area contributed by atoms with Crippen molar-refractivity contribution in [3.05, 3.63) is 78.3 Å². The highest BCUT2D eigenvalue weighted by molar-refractivity contribution is 5.96. The first-order chi connectivity index (χ1) is 13.6. The van der Waals surface area contributed by atoms with Crippen molar-refractivity contribution in [2.24, 2.45) is 5.92 Å². The third-order valence-electron chi connectivity index (χ3n) is 5.32. The molecule has 0 saturated heterocycles. The first-order valence-corrected chi connectivity index (χ1v) is 9.40. The average molecular weight is 375 g/mol. The number of halogens is 1. The van der Waals surface area contributed by atoms with Crippen LogP contribution in [0.25, 0.3) is 22.0 Å². The van der Waals surface area contributed by atoms with Gasteiger partial charge in [0.15, 0.2) is 0 Å². The van der Waals surface area contributed by atoms with Gasteiger partial charge < -0.3 is 10.4 Å². The van der Waals surface area contributed by atoms with Gasteiger partial charge in [0.05, 0.1) is 11.4 Å². The van der Waals surface area contributed by atoms with E-state index in [-0.39, 0.29) is 11.7 Å². The smallest absolute Gasteiger partial charge is 0.223 e. The molecule has 2 aromatic carbocycles. The van der Waals surface area contributed by atoms with E-state index in [9.17, 15) is 9.50 Å². The van der Waals surface area contributed by atoms with Crippen LogP contribution in [0.5, 0.6) is 0 Å². The minimum Gasteiger partial charge on any atom is -0.379 e. The summed E-state index contributed by atoms with van der Waals surface area (Å²) in [6.07, 6.45) is 8.31. The summed E-state index contributed by atoms with van der Waals surface area (Å²) in [7, 11) is 1.74. The summed E-state index contributed by atoms with van der Waals surface area (Å²) in [6, 6.07) is 12.3. The molecule has 1 aromatic heterocycles. The zero-order valence-corrected chi connectivity index (χ0v) is 15.9. The Morgan fingerprint density at radius 1 is 1.11 bits per heavy atom. The number of nitrogens with zero attached hydrogens (tertiary/aromatic N) is 2. The summed E-state index contributed by atoms with van der Waals surface area (Å²) in [5.74, 6) is 0.0505. The van der Waals surface area contributed by atoms with Crippen molar-refractivity contribution < 1.29 is 9.50 Å². The van der Waals surface area contributed by atoms with Crippen LogP contribution in [0.1, 0.15) is 19.0 Å². The lowest BCUT2D eigenvalue weighted by atomic mass is 9.79. The molecule has 0 amide bonds. The van der Waals surface area contributed by atoms with Crippen molar-refractivity contribution in [2.75, 3.05) is 12.4 Å². The maximum atomic E-state index is 14.3. The molecule has 0 radical (unpaired) electrons. The Morgan fingerprint density at radius 3 is 2.64 bits per heavy atom. The van der Waals surface area contributed by atoms with Crippen molar-refractivity contribution in [2.45, 2.75) is 18.9 Å². The van der Waals surface area contributed by atoms with Gasteiger partial charge >= 0.3 is 0 Å². The van der Waals surface area contributed by atoms with E-state index in [1.807, 2.05) is 43.4 Å². The Bertz CT molecular complexity index is 1090. The van der Waals surface area contributed by atoms with E-state index in [0.29, 0.717) is 22.7 Å². The number of hydrogen-bond acceptors (Lipinski definition) is 4. The second kappa shape index (κ2) is 7.17. The van der Waals surface area contributed by atoms with Gasteiger partial charge in [-0.15, -0.1) is 0 Å². The second-order valence-electron chi connectivity index (χ2n) is 6.94. The molecule has 142 valence electrons. The fourth-order valence-electron chi connectivity index (χ4n) is 3.78. The van der Waals surface area contributed by atoms with Crippen molar-refractivity contribution in [3.63, 3.8) is 0 Å². The van der Waals surface area contributed by atoms with Crippen LogP contribution in [0.4, 0.5) is 10.3 Å².